The van der Waals surface area contributed by atoms with E-state index in [0.29, 0.717) is 11.4 Å². The van der Waals surface area contributed by atoms with E-state index in [0.717, 1.165) is 53.7 Å². The second-order valence-electron chi connectivity index (χ2n) is 7.68. The van der Waals surface area contributed by atoms with Crippen LogP contribution in [-0.4, -0.2) is 25.0 Å². The Bertz CT molecular complexity index is 1390. The molecule has 8 nitrogen and oxygen atoms in total. The Morgan fingerprint density at radius 2 is 1.78 bits per heavy atom. The monoisotopic (exact) mass is 427 g/mol. The van der Waals surface area contributed by atoms with Crippen LogP contribution in [0.5, 0.6) is 0 Å². The third kappa shape index (κ3) is 3.56. The van der Waals surface area contributed by atoms with Crippen LogP contribution in [0.2, 0.25) is 0 Å². The summed E-state index contributed by atoms with van der Waals surface area (Å²) in [7, 11) is 0. The molecule has 3 heterocycles. The van der Waals surface area contributed by atoms with Gasteiger partial charge in [0, 0.05) is 30.9 Å². The summed E-state index contributed by atoms with van der Waals surface area (Å²) in [5, 5.41) is 2.82. The molecule has 2 aromatic heterocycles. The molecule has 5 rings (SSSR count). The number of aromatic nitrogens is 4. The van der Waals surface area contributed by atoms with Gasteiger partial charge in [-0.1, -0.05) is 36.4 Å². The van der Waals surface area contributed by atoms with Crippen LogP contribution in [0.25, 0.3) is 16.9 Å². The number of nitrogens with one attached hydrogen (secondary N) is 2. The molecule has 0 atom stereocenters. The summed E-state index contributed by atoms with van der Waals surface area (Å²) in [5.41, 5.74) is 1.03. The summed E-state index contributed by atoms with van der Waals surface area (Å²) in [4.78, 5) is 45.5. The minimum absolute atomic E-state index is 0.160. The fourth-order valence-corrected chi connectivity index (χ4v) is 3.99. The Morgan fingerprint density at radius 3 is 2.59 bits per heavy atom. The molecule has 160 valence electrons. The lowest BCUT2D eigenvalue weighted by Gasteiger charge is -2.11. The SMILES string of the molecule is O=C(Nc1ccccc1-c1cn2c(n1)CCCC2)c1c[nH]c(=O)n(-c2ccccc2)c1=O. The van der Waals surface area contributed by atoms with Crippen LogP contribution in [0, 0.1) is 0 Å². The summed E-state index contributed by atoms with van der Waals surface area (Å²) < 4.78 is 3.10. The third-order valence-electron chi connectivity index (χ3n) is 5.60. The zero-order chi connectivity index (χ0) is 22.1. The minimum Gasteiger partial charge on any atom is -0.334 e. The van der Waals surface area contributed by atoms with Crippen molar-refractivity contribution in [3.05, 3.63) is 99.2 Å². The first-order valence-corrected chi connectivity index (χ1v) is 10.5. The van der Waals surface area contributed by atoms with Crippen molar-refractivity contribution in [1.82, 2.24) is 19.1 Å². The summed E-state index contributed by atoms with van der Waals surface area (Å²) in [6.07, 6.45) is 6.33. The van der Waals surface area contributed by atoms with Gasteiger partial charge in [-0.25, -0.2) is 14.3 Å². The Labute approximate surface area is 183 Å². The molecule has 0 saturated carbocycles. The number of hydrogen-bond donors (Lipinski definition) is 2. The third-order valence-corrected chi connectivity index (χ3v) is 5.60. The molecule has 0 radical (unpaired) electrons. The summed E-state index contributed by atoms with van der Waals surface area (Å²) in [5.74, 6) is 0.436. The van der Waals surface area contributed by atoms with Gasteiger partial charge in [0.05, 0.1) is 17.1 Å². The molecular formula is C24H21N5O3. The quantitative estimate of drug-likeness (QED) is 0.523. The number of carbonyl (C=O) groups is 1. The van der Waals surface area contributed by atoms with Gasteiger partial charge in [0.15, 0.2) is 0 Å². The fourth-order valence-electron chi connectivity index (χ4n) is 3.99. The molecular weight excluding hydrogens is 406 g/mol. The average molecular weight is 427 g/mol. The highest BCUT2D eigenvalue weighted by Gasteiger charge is 2.19. The van der Waals surface area contributed by atoms with Gasteiger partial charge >= 0.3 is 5.69 Å². The van der Waals surface area contributed by atoms with E-state index in [1.807, 2.05) is 24.4 Å². The van der Waals surface area contributed by atoms with Crippen molar-refractivity contribution in [2.45, 2.75) is 25.8 Å². The van der Waals surface area contributed by atoms with E-state index in [1.165, 1.54) is 0 Å². The number of aryl methyl sites for hydroxylation is 2. The second-order valence-corrected chi connectivity index (χ2v) is 7.68. The van der Waals surface area contributed by atoms with Crippen LogP contribution < -0.4 is 16.6 Å². The van der Waals surface area contributed by atoms with Crippen LogP contribution in [0.3, 0.4) is 0 Å². The number of benzene rings is 2. The Hall–Kier alpha value is -4.20. The van der Waals surface area contributed by atoms with Crippen molar-refractivity contribution in [3.8, 4) is 16.9 Å². The van der Waals surface area contributed by atoms with Gasteiger partial charge in [-0.05, 0) is 31.0 Å². The maximum absolute atomic E-state index is 13.0. The molecule has 1 aliphatic rings. The molecule has 0 aliphatic carbocycles. The Morgan fingerprint density at radius 1 is 1.00 bits per heavy atom. The van der Waals surface area contributed by atoms with E-state index in [2.05, 4.69) is 14.9 Å². The van der Waals surface area contributed by atoms with Crippen molar-refractivity contribution >= 4 is 11.6 Å². The summed E-state index contributed by atoms with van der Waals surface area (Å²) >= 11 is 0. The first-order valence-electron chi connectivity index (χ1n) is 10.5. The van der Waals surface area contributed by atoms with Gasteiger partial charge in [-0.2, -0.15) is 0 Å². The highest BCUT2D eigenvalue weighted by molar-refractivity contribution is 6.05. The molecule has 1 aliphatic heterocycles. The lowest BCUT2D eigenvalue weighted by molar-refractivity contribution is 0.102. The highest BCUT2D eigenvalue weighted by atomic mass is 16.2. The van der Waals surface area contributed by atoms with E-state index >= 15 is 0 Å². The van der Waals surface area contributed by atoms with E-state index in [-0.39, 0.29) is 5.56 Å². The van der Waals surface area contributed by atoms with Crippen LogP contribution in [-0.2, 0) is 13.0 Å². The number of fused-ring (bicyclic) bond motifs is 1. The molecule has 32 heavy (non-hydrogen) atoms. The molecule has 2 aromatic carbocycles. The number of anilines is 1. The number of aromatic amines is 1. The number of rotatable bonds is 4. The standard InChI is InChI=1S/C24H21N5O3/c30-22(18-14-25-24(32)29(23(18)31)16-8-2-1-3-9-16)27-19-11-5-4-10-17(19)20-15-28-13-7-6-12-21(28)26-20/h1-5,8-11,14-15H,6-7,12-13H2,(H,25,32)(H,27,30). The number of amides is 1. The average Bonchev–Trinajstić information content (AvgIpc) is 3.24. The van der Waals surface area contributed by atoms with E-state index < -0.39 is 17.2 Å². The fraction of sp³-hybridized carbons (Fsp3) is 0.167. The lowest BCUT2D eigenvalue weighted by atomic mass is 10.1. The van der Waals surface area contributed by atoms with Crippen LogP contribution in [0.15, 0.2) is 76.6 Å². The zero-order valence-corrected chi connectivity index (χ0v) is 17.2. The smallest absolute Gasteiger partial charge is 0.333 e. The van der Waals surface area contributed by atoms with Gasteiger partial charge in [-0.15, -0.1) is 0 Å². The highest BCUT2D eigenvalue weighted by Crippen LogP contribution is 2.29. The van der Waals surface area contributed by atoms with Crippen molar-refractivity contribution in [1.29, 1.82) is 0 Å². The maximum Gasteiger partial charge on any atom is 0.333 e. The molecule has 0 saturated heterocycles. The molecule has 0 unspecified atom stereocenters. The van der Waals surface area contributed by atoms with Gasteiger partial charge in [-0.3, -0.25) is 9.59 Å². The van der Waals surface area contributed by atoms with E-state index in [4.69, 9.17) is 4.98 Å². The predicted molar refractivity (Wildman–Crippen MR) is 121 cm³/mol. The van der Waals surface area contributed by atoms with Crippen molar-refractivity contribution in [2.75, 3.05) is 5.32 Å². The normalized spacial score (nSPS) is 12.9. The molecule has 4 aromatic rings. The van der Waals surface area contributed by atoms with Crippen LogP contribution in [0.1, 0.15) is 29.0 Å². The second kappa shape index (κ2) is 8.14. The topological polar surface area (TPSA) is 102 Å². The Kier molecular flexibility index (Phi) is 5.03. The maximum atomic E-state index is 13.0. The summed E-state index contributed by atoms with van der Waals surface area (Å²) in [6, 6.07) is 15.8. The van der Waals surface area contributed by atoms with Crippen LogP contribution >= 0.6 is 0 Å². The molecule has 0 spiro atoms. The number of carbonyl (C=O) groups excluding carboxylic acids is 1. The minimum atomic E-state index is -0.688. The first kappa shape index (κ1) is 19.7. The zero-order valence-electron chi connectivity index (χ0n) is 17.2. The largest absolute Gasteiger partial charge is 0.334 e. The van der Waals surface area contributed by atoms with E-state index in [9.17, 15) is 14.4 Å². The molecule has 1 amide bonds. The molecule has 0 fully saturated rings. The Balaban J connectivity index is 1.50. The van der Waals surface area contributed by atoms with Crippen molar-refractivity contribution in [2.24, 2.45) is 0 Å². The van der Waals surface area contributed by atoms with E-state index in [1.54, 1.807) is 36.4 Å². The van der Waals surface area contributed by atoms with Gasteiger partial charge < -0.3 is 14.9 Å². The number of H-pyrrole nitrogens is 1. The van der Waals surface area contributed by atoms with Crippen LogP contribution in [0.4, 0.5) is 5.69 Å². The number of nitrogens with zero attached hydrogens (tertiary/aromatic N) is 3. The van der Waals surface area contributed by atoms with Gasteiger partial charge in [0.2, 0.25) is 0 Å². The lowest BCUT2D eigenvalue weighted by Crippen LogP contribution is -2.38. The molecule has 8 heteroatoms. The summed E-state index contributed by atoms with van der Waals surface area (Å²) in [6.45, 7) is 0.938. The predicted octanol–water partition coefficient (Wildman–Crippen LogP) is 2.98. The molecule has 2 N–H and O–H groups in total. The van der Waals surface area contributed by atoms with Crippen molar-refractivity contribution < 1.29 is 4.79 Å². The number of para-hydroxylation sites is 2. The number of imidazole rings is 1. The number of hydrogen-bond acceptors (Lipinski definition) is 4. The van der Waals surface area contributed by atoms with Crippen molar-refractivity contribution in [3.63, 3.8) is 0 Å². The first-order chi connectivity index (χ1) is 15.6. The molecule has 0 bridgehead atoms. The van der Waals surface area contributed by atoms with Gasteiger partial charge in [0.1, 0.15) is 11.4 Å². The van der Waals surface area contributed by atoms with Gasteiger partial charge in [0.25, 0.3) is 11.5 Å².